The molecule has 128 valence electrons. The SMILES string of the molecule is CCCC[N+](CC)(CC)CC.CC[NH+](CC)CC.[Cl-].[Cl-]. The third kappa shape index (κ3) is 13.5. The summed E-state index contributed by atoms with van der Waals surface area (Å²) in [6.07, 6.45) is 2.72. The molecule has 1 N–H and O–H groups in total. The highest BCUT2D eigenvalue weighted by Crippen LogP contribution is 2.07. The van der Waals surface area contributed by atoms with Crippen molar-refractivity contribution in [2.45, 2.75) is 61.3 Å². The molecule has 0 bridgehead atoms. The van der Waals surface area contributed by atoms with Crippen LogP contribution in [-0.2, 0) is 0 Å². The Hall–Kier alpha value is 0.500. The summed E-state index contributed by atoms with van der Waals surface area (Å²) in [5.41, 5.74) is 0. The lowest BCUT2D eigenvalue weighted by atomic mass is 10.2. The zero-order chi connectivity index (χ0) is 14.4. The van der Waals surface area contributed by atoms with E-state index in [2.05, 4.69) is 48.5 Å². The molecule has 0 heterocycles. The van der Waals surface area contributed by atoms with Crippen molar-refractivity contribution in [2.24, 2.45) is 0 Å². The summed E-state index contributed by atoms with van der Waals surface area (Å²) in [5.74, 6) is 0. The van der Waals surface area contributed by atoms with Crippen LogP contribution >= 0.6 is 0 Å². The van der Waals surface area contributed by atoms with Crippen molar-refractivity contribution in [1.29, 1.82) is 0 Å². The Bertz CT molecular complexity index is 145. The molecule has 0 unspecified atom stereocenters. The van der Waals surface area contributed by atoms with Gasteiger partial charge in [0.2, 0.25) is 0 Å². The maximum Gasteiger partial charge on any atom is 0.0786 e. The monoisotopic (exact) mass is 330 g/mol. The van der Waals surface area contributed by atoms with E-state index in [0.717, 1.165) is 0 Å². The Balaban J connectivity index is -0.000000126. The van der Waals surface area contributed by atoms with Gasteiger partial charge in [0, 0.05) is 0 Å². The van der Waals surface area contributed by atoms with Gasteiger partial charge in [0.05, 0.1) is 45.8 Å². The van der Waals surface area contributed by atoms with Crippen molar-refractivity contribution in [1.82, 2.24) is 0 Å². The molecule has 0 atom stereocenters. The van der Waals surface area contributed by atoms with Crippen LogP contribution in [0.2, 0.25) is 0 Å². The van der Waals surface area contributed by atoms with Gasteiger partial charge < -0.3 is 34.2 Å². The molecule has 0 aromatic heterocycles. The molecule has 0 aliphatic rings. The molecule has 0 radical (unpaired) electrons. The van der Waals surface area contributed by atoms with Crippen LogP contribution in [0.3, 0.4) is 0 Å². The second kappa shape index (κ2) is 19.5. The van der Waals surface area contributed by atoms with E-state index >= 15 is 0 Å². The zero-order valence-corrected chi connectivity index (χ0v) is 16.6. The van der Waals surface area contributed by atoms with Crippen LogP contribution in [-0.4, -0.2) is 50.3 Å². The first kappa shape index (κ1) is 28.6. The number of hydrogen-bond acceptors (Lipinski definition) is 0. The Morgan fingerprint density at radius 1 is 0.650 bits per heavy atom. The first-order chi connectivity index (χ1) is 8.59. The second-order valence-electron chi connectivity index (χ2n) is 5.18. The van der Waals surface area contributed by atoms with Gasteiger partial charge in [-0.05, 0) is 48.0 Å². The minimum Gasteiger partial charge on any atom is -1.00 e. The first-order valence-corrected chi connectivity index (χ1v) is 8.28. The maximum atomic E-state index is 2.31. The van der Waals surface area contributed by atoms with Gasteiger partial charge in [0.1, 0.15) is 0 Å². The number of hydrogen-bond donors (Lipinski definition) is 1. The summed E-state index contributed by atoms with van der Waals surface area (Å²) in [7, 11) is 0. The minimum atomic E-state index is 0. The summed E-state index contributed by atoms with van der Waals surface area (Å²) < 4.78 is 1.31. The Morgan fingerprint density at radius 3 is 1.15 bits per heavy atom. The van der Waals surface area contributed by atoms with Crippen molar-refractivity contribution in [2.75, 3.05) is 45.8 Å². The van der Waals surface area contributed by atoms with E-state index in [4.69, 9.17) is 0 Å². The minimum absolute atomic E-state index is 0. The average Bonchev–Trinajstić information content (AvgIpc) is 2.44. The molecular formula is C16H40Cl2N2. The van der Waals surface area contributed by atoms with Crippen LogP contribution in [0.1, 0.15) is 61.3 Å². The topological polar surface area (TPSA) is 4.44 Å². The molecule has 0 amide bonds. The van der Waals surface area contributed by atoms with E-state index in [1.807, 2.05) is 0 Å². The molecule has 0 fully saturated rings. The van der Waals surface area contributed by atoms with Crippen molar-refractivity contribution in [3.63, 3.8) is 0 Å². The third-order valence-corrected chi connectivity index (χ3v) is 4.50. The van der Waals surface area contributed by atoms with Gasteiger partial charge in [-0.2, -0.15) is 0 Å². The molecule has 0 rings (SSSR count). The summed E-state index contributed by atoms with van der Waals surface area (Å²) in [6.45, 7) is 25.0. The number of halogens is 2. The van der Waals surface area contributed by atoms with Crippen molar-refractivity contribution < 1.29 is 34.2 Å². The van der Waals surface area contributed by atoms with E-state index in [9.17, 15) is 0 Å². The molecule has 0 aliphatic heterocycles. The highest BCUT2D eigenvalue weighted by molar-refractivity contribution is 4.38. The molecule has 0 spiro atoms. The molecular weight excluding hydrogens is 291 g/mol. The fourth-order valence-corrected chi connectivity index (χ4v) is 2.39. The summed E-state index contributed by atoms with van der Waals surface area (Å²) >= 11 is 0. The number of unbranched alkanes of at least 4 members (excludes halogenated alkanes) is 1. The van der Waals surface area contributed by atoms with Gasteiger partial charge in [0.25, 0.3) is 0 Å². The zero-order valence-electron chi connectivity index (χ0n) is 15.1. The van der Waals surface area contributed by atoms with Crippen LogP contribution in [0, 0.1) is 0 Å². The quantitative estimate of drug-likeness (QED) is 0.420. The Kier molecular flexibility index (Phi) is 27.9. The third-order valence-electron chi connectivity index (χ3n) is 4.50. The van der Waals surface area contributed by atoms with E-state index < -0.39 is 0 Å². The first-order valence-electron chi connectivity index (χ1n) is 8.28. The molecule has 4 heteroatoms. The van der Waals surface area contributed by atoms with Crippen molar-refractivity contribution in [3.8, 4) is 0 Å². The number of nitrogens with zero attached hydrogens (tertiary/aromatic N) is 1. The van der Waals surface area contributed by atoms with E-state index in [1.165, 1.54) is 63.1 Å². The summed E-state index contributed by atoms with van der Waals surface area (Å²) in [6, 6.07) is 0. The van der Waals surface area contributed by atoms with E-state index in [-0.39, 0.29) is 24.8 Å². The average molecular weight is 331 g/mol. The largest absolute Gasteiger partial charge is 1.00 e. The van der Waals surface area contributed by atoms with Crippen LogP contribution < -0.4 is 29.7 Å². The summed E-state index contributed by atoms with van der Waals surface area (Å²) in [5, 5.41) is 0. The molecule has 0 aromatic rings. The lowest BCUT2D eigenvalue weighted by Gasteiger charge is -2.35. The smallest absolute Gasteiger partial charge is 0.0786 e. The lowest BCUT2D eigenvalue weighted by Crippen LogP contribution is -3.11. The predicted molar refractivity (Wildman–Crippen MR) is 84.2 cm³/mol. The van der Waals surface area contributed by atoms with Crippen molar-refractivity contribution >= 4 is 0 Å². The van der Waals surface area contributed by atoms with Crippen LogP contribution in [0.5, 0.6) is 0 Å². The van der Waals surface area contributed by atoms with E-state index in [0.29, 0.717) is 0 Å². The highest BCUT2D eigenvalue weighted by atomic mass is 35.5. The number of nitrogens with one attached hydrogen (secondary N) is 1. The standard InChI is InChI=1S/C10H24N.C6H15N.2ClH/c1-5-9-10-11(6-2,7-3)8-4;1-4-7(5-2)6-3;;/h5-10H2,1-4H3;4-6H2,1-3H3;2*1H/q+1;;;/p-1. The van der Waals surface area contributed by atoms with Gasteiger partial charge in [-0.3, -0.25) is 0 Å². The predicted octanol–water partition coefficient (Wildman–Crippen LogP) is -3.40. The number of rotatable bonds is 9. The Morgan fingerprint density at radius 2 is 1.00 bits per heavy atom. The normalized spacial score (nSPS) is 10.2. The maximum absolute atomic E-state index is 2.31. The van der Waals surface area contributed by atoms with Crippen LogP contribution in [0.25, 0.3) is 0 Å². The lowest BCUT2D eigenvalue weighted by molar-refractivity contribution is -0.923. The number of quaternary nitrogens is 2. The molecule has 2 nitrogen and oxygen atoms in total. The highest BCUT2D eigenvalue weighted by Gasteiger charge is 2.18. The Labute approximate surface area is 141 Å². The van der Waals surface area contributed by atoms with E-state index in [1.54, 1.807) is 4.90 Å². The molecule has 0 saturated carbocycles. The van der Waals surface area contributed by atoms with Gasteiger partial charge in [-0.1, -0.05) is 13.3 Å². The fourth-order valence-electron chi connectivity index (χ4n) is 2.39. The second-order valence-corrected chi connectivity index (χ2v) is 5.18. The van der Waals surface area contributed by atoms with Crippen LogP contribution in [0.4, 0.5) is 0 Å². The van der Waals surface area contributed by atoms with Crippen LogP contribution in [0.15, 0.2) is 0 Å². The molecule has 0 aromatic carbocycles. The summed E-state index contributed by atoms with van der Waals surface area (Å²) in [4.78, 5) is 1.68. The van der Waals surface area contributed by atoms with Gasteiger partial charge >= 0.3 is 0 Å². The van der Waals surface area contributed by atoms with Crippen molar-refractivity contribution in [3.05, 3.63) is 0 Å². The molecule has 0 saturated heterocycles. The van der Waals surface area contributed by atoms with Gasteiger partial charge in [-0.25, -0.2) is 0 Å². The molecule has 20 heavy (non-hydrogen) atoms. The van der Waals surface area contributed by atoms with Gasteiger partial charge in [-0.15, -0.1) is 0 Å². The molecule has 0 aliphatic carbocycles. The fraction of sp³-hybridized carbons (Fsp3) is 1.00. The van der Waals surface area contributed by atoms with Gasteiger partial charge in [0.15, 0.2) is 0 Å².